The first kappa shape index (κ1) is 16.4. The number of hydrogen-bond acceptors (Lipinski definition) is 3. The molecule has 0 heterocycles. The van der Waals surface area contributed by atoms with Gasteiger partial charge in [-0.2, -0.15) is 5.26 Å². The van der Waals surface area contributed by atoms with Gasteiger partial charge in [0.25, 0.3) is 0 Å². The van der Waals surface area contributed by atoms with Gasteiger partial charge in [0.05, 0.1) is 6.07 Å². The third kappa shape index (κ3) is 4.29. The average Bonchev–Trinajstić information content (AvgIpc) is 2.31. The highest BCUT2D eigenvalue weighted by atomic mass is 32.2. The van der Waals surface area contributed by atoms with E-state index in [1.807, 2.05) is 13.0 Å². The largest absolute Gasteiger partial charge is 0.230 e. The van der Waals surface area contributed by atoms with Crippen molar-refractivity contribution in [3.63, 3.8) is 0 Å². The highest BCUT2D eigenvalue weighted by Crippen LogP contribution is 2.17. The van der Waals surface area contributed by atoms with E-state index in [-0.39, 0.29) is 0 Å². The molecule has 0 saturated heterocycles. The van der Waals surface area contributed by atoms with E-state index in [0.29, 0.717) is 25.4 Å². The van der Waals surface area contributed by atoms with Gasteiger partial charge in [0.1, 0.15) is 0 Å². The van der Waals surface area contributed by atoms with Crippen molar-refractivity contribution in [3.8, 4) is 6.07 Å². The first-order chi connectivity index (χ1) is 7.97. The quantitative estimate of drug-likeness (QED) is 0.673. The summed E-state index contributed by atoms with van der Waals surface area (Å²) in [6.07, 6.45) is 2.27. The summed E-state index contributed by atoms with van der Waals surface area (Å²) < 4.78 is 25.9. The zero-order valence-electron chi connectivity index (χ0n) is 11.3. The lowest BCUT2D eigenvalue weighted by Gasteiger charge is -2.26. The minimum absolute atomic E-state index is 0.345. The SMILES string of the molecule is CCC(CC)CN(CC)S(=O)(=O)C(C#N)CC. The number of nitrogens with zero attached hydrogens (tertiary/aromatic N) is 2. The molecule has 17 heavy (non-hydrogen) atoms. The lowest BCUT2D eigenvalue weighted by molar-refractivity contribution is 0.337. The van der Waals surface area contributed by atoms with Crippen LogP contribution in [0.15, 0.2) is 0 Å². The second kappa shape index (κ2) is 7.67. The van der Waals surface area contributed by atoms with Gasteiger partial charge < -0.3 is 0 Å². The lowest BCUT2D eigenvalue weighted by atomic mass is 10.0. The Morgan fingerprint density at radius 3 is 1.94 bits per heavy atom. The van der Waals surface area contributed by atoms with Crippen LogP contribution >= 0.6 is 0 Å². The van der Waals surface area contributed by atoms with Gasteiger partial charge >= 0.3 is 0 Å². The molecular formula is C12H24N2O2S. The van der Waals surface area contributed by atoms with Crippen LogP contribution in [0.25, 0.3) is 0 Å². The second-order valence-electron chi connectivity index (χ2n) is 4.20. The zero-order chi connectivity index (χ0) is 13.5. The van der Waals surface area contributed by atoms with Crippen LogP contribution in [0.1, 0.15) is 47.0 Å². The lowest BCUT2D eigenvalue weighted by Crippen LogP contribution is -2.40. The maximum absolute atomic E-state index is 12.2. The molecular weight excluding hydrogens is 236 g/mol. The van der Waals surface area contributed by atoms with E-state index in [2.05, 4.69) is 13.8 Å². The van der Waals surface area contributed by atoms with E-state index in [4.69, 9.17) is 5.26 Å². The van der Waals surface area contributed by atoms with Crippen molar-refractivity contribution in [2.45, 2.75) is 52.2 Å². The molecule has 0 rings (SSSR count). The van der Waals surface area contributed by atoms with Crippen molar-refractivity contribution in [1.29, 1.82) is 5.26 Å². The van der Waals surface area contributed by atoms with Crippen LogP contribution in [0.4, 0.5) is 0 Å². The molecule has 0 aliphatic carbocycles. The monoisotopic (exact) mass is 260 g/mol. The Morgan fingerprint density at radius 2 is 1.65 bits per heavy atom. The molecule has 4 nitrogen and oxygen atoms in total. The fraction of sp³-hybridized carbons (Fsp3) is 0.917. The Labute approximate surface area is 106 Å². The summed E-state index contributed by atoms with van der Waals surface area (Å²) in [5.74, 6) is 0.376. The summed E-state index contributed by atoms with van der Waals surface area (Å²) in [6.45, 7) is 8.66. The first-order valence-corrected chi connectivity index (χ1v) is 7.86. The maximum atomic E-state index is 12.2. The third-order valence-electron chi connectivity index (χ3n) is 3.20. The Balaban J connectivity index is 4.93. The summed E-state index contributed by atoms with van der Waals surface area (Å²) in [5.41, 5.74) is 0. The summed E-state index contributed by atoms with van der Waals surface area (Å²) in [5, 5.41) is 7.99. The molecule has 0 amide bonds. The van der Waals surface area contributed by atoms with Crippen LogP contribution in [0.3, 0.4) is 0 Å². The molecule has 100 valence electrons. The maximum Gasteiger partial charge on any atom is 0.230 e. The predicted molar refractivity (Wildman–Crippen MR) is 69.9 cm³/mol. The van der Waals surface area contributed by atoms with Crippen molar-refractivity contribution in [2.24, 2.45) is 5.92 Å². The summed E-state index contributed by atoms with van der Waals surface area (Å²) in [7, 11) is -3.46. The molecule has 1 unspecified atom stereocenters. The van der Waals surface area contributed by atoms with Crippen molar-refractivity contribution in [1.82, 2.24) is 4.31 Å². The number of sulfonamides is 1. The van der Waals surface area contributed by atoms with Gasteiger partial charge in [-0.05, 0) is 12.3 Å². The molecule has 0 aliphatic heterocycles. The van der Waals surface area contributed by atoms with Crippen LogP contribution in [0.2, 0.25) is 0 Å². The zero-order valence-corrected chi connectivity index (χ0v) is 12.1. The molecule has 5 heteroatoms. The van der Waals surface area contributed by atoms with E-state index in [1.54, 1.807) is 6.92 Å². The summed E-state index contributed by atoms with van der Waals surface area (Å²) in [6, 6.07) is 1.89. The van der Waals surface area contributed by atoms with Gasteiger partial charge in [-0.25, -0.2) is 12.7 Å². The van der Waals surface area contributed by atoms with Crippen LogP contribution < -0.4 is 0 Å². The molecule has 0 radical (unpaired) electrons. The van der Waals surface area contributed by atoms with Crippen molar-refractivity contribution < 1.29 is 8.42 Å². The van der Waals surface area contributed by atoms with Crippen LogP contribution in [0.5, 0.6) is 0 Å². The first-order valence-electron chi connectivity index (χ1n) is 6.36. The number of rotatable bonds is 8. The van der Waals surface area contributed by atoms with Crippen LogP contribution in [-0.4, -0.2) is 31.1 Å². The standard InChI is InChI=1S/C12H24N2O2S/c1-5-11(6-2)10-14(8-4)17(15,16)12(7-3)9-13/h11-12H,5-8,10H2,1-4H3. The topological polar surface area (TPSA) is 61.2 Å². The van der Waals surface area contributed by atoms with Gasteiger partial charge in [0.2, 0.25) is 10.0 Å². The van der Waals surface area contributed by atoms with Crippen molar-refractivity contribution in [3.05, 3.63) is 0 Å². The summed E-state index contributed by atoms with van der Waals surface area (Å²) >= 11 is 0. The number of nitriles is 1. The van der Waals surface area contributed by atoms with E-state index >= 15 is 0 Å². The smallest absolute Gasteiger partial charge is 0.211 e. The molecule has 0 bridgehead atoms. The van der Waals surface area contributed by atoms with E-state index in [0.717, 1.165) is 12.8 Å². The van der Waals surface area contributed by atoms with Crippen molar-refractivity contribution >= 4 is 10.0 Å². The molecule has 0 fully saturated rings. The predicted octanol–water partition coefficient (Wildman–Crippen LogP) is 2.38. The molecule has 0 spiro atoms. The van der Waals surface area contributed by atoms with Crippen molar-refractivity contribution in [2.75, 3.05) is 13.1 Å². The van der Waals surface area contributed by atoms with Crippen LogP contribution in [-0.2, 0) is 10.0 Å². The second-order valence-corrected chi connectivity index (χ2v) is 6.32. The van der Waals surface area contributed by atoms with E-state index in [9.17, 15) is 8.42 Å². The normalized spacial score (nSPS) is 13.9. The molecule has 0 aliphatic rings. The number of hydrogen-bond donors (Lipinski definition) is 0. The summed E-state index contributed by atoms with van der Waals surface area (Å²) in [4.78, 5) is 0. The van der Waals surface area contributed by atoms with Gasteiger partial charge in [0.15, 0.2) is 5.25 Å². The highest BCUT2D eigenvalue weighted by Gasteiger charge is 2.30. The molecule has 0 N–H and O–H groups in total. The molecule has 0 aromatic carbocycles. The Kier molecular flexibility index (Phi) is 7.40. The highest BCUT2D eigenvalue weighted by molar-refractivity contribution is 7.90. The van der Waals surface area contributed by atoms with Gasteiger partial charge in [-0.1, -0.05) is 40.5 Å². The van der Waals surface area contributed by atoms with Gasteiger partial charge in [-0.15, -0.1) is 0 Å². The van der Waals surface area contributed by atoms with E-state index < -0.39 is 15.3 Å². The minimum atomic E-state index is -3.46. The molecule has 0 aromatic heterocycles. The average molecular weight is 260 g/mol. The Morgan fingerprint density at radius 1 is 1.12 bits per heavy atom. The molecule has 0 saturated carbocycles. The van der Waals surface area contributed by atoms with Crippen LogP contribution in [0, 0.1) is 17.2 Å². The fourth-order valence-electron chi connectivity index (χ4n) is 1.80. The fourth-order valence-corrected chi connectivity index (χ4v) is 3.49. The third-order valence-corrected chi connectivity index (χ3v) is 5.49. The Bertz CT molecular complexity index is 342. The molecule has 1 atom stereocenters. The van der Waals surface area contributed by atoms with E-state index in [1.165, 1.54) is 4.31 Å². The molecule has 0 aromatic rings. The Hall–Kier alpha value is -0.600. The van der Waals surface area contributed by atoms with Gasteiger partial charge in [0, 0.05) is 13.1 Å². The van der Waals surface area contributed by atoms with Gasteiger partial charge in [-0.3, -0.25) is 0 Å². The minimum Gasteiger partial charge on any atom is -0.211 e.